The van der Waals surface area contributed by atoms with Gasteiger partial charge in [0.2, 0.25) is 5.88 Å². The van der Waals surface area contributed by atoms with Crippen LogP contribution in [0.15, 0.2) is 34.9 Å². The highest BCUT2D eigenvalue weighted by Gasteiger charge is 2.27. The summed E-state index contributed by atoms with van der Waals surface area (Å²) in [6, 6.07) is 9.37. The van der Waals surface area contributed by atoms with Crippen LogP contribution in [0.4, 0.5) is 0 Å². The van der Waals surface area contributed by atoms with E-state index in [4.69, 9.17) is 9.47 Å². The van der Waals surface area contributed by atoms with E-state index in [1.807, 2.05) is 24.3 Å². The van der Waals surface area contributed by atoms with E-state index in [2.05, 4.69) is 32.8 Å². The molecule has 1 aliphatic carbocycles. The first-order valence-electron chi connectivity index (χ1n) is 7.20. The van der Waals surface area contributed by atoms with E-state index in [0.717, 1.165) is 35.0 Å². The van der Waals surface area contributed by atoms with Crippen molar-refractivity contribution in [1.29, 1.82) is 0 Å². The van der Waals surface area contributed by atoms with Crippen LogP contribution >= 0.6 is 15.9 Å². The molecule has 1 heterocycles. The van der Waals surface area contributed by atoms with Crippen LogP contribution in [0.5, 0.6) is 17.4 Å². The highest BCUT2D eigenvalue weighted by atomic mass is 79.9. The molecular formula is C16H17BrN2O2. The average Bonchev–Trinajstić information content (AvgIpc) is 3.30. The van der Waals surface area contributed by atoms with Gasteiger partial charge in [-0.15, -0.1) is 0 Å². The fraction of sp³-hybridized carbons (Fsp3) is 0.375. The smallest absolute Gasteiger partial charge is 0.223 e. The van der Waals surface area contributed by atoms with Crippen molar-refractivity contribution in [3.63, 3.8) is 0 Å². The van der Waals surface area contributed by atoms with Gasteiger partial charge in [0, 0.05) is 12.0 Å². The molecule has 21 heavy (non-hydrogen) atoms. The van der Waals surface area contributed by atoms with Crippen molar-refractivity contribution in [2.24, 2.45) is 0 Å². The minimum Gasteiger partial charge on any atom is -0.494 e. The normalized spacial score (nSPS) is 14.0. The molecule has 1 saturated carbocycles. The molecular weight excluding hydrogens is 332 g/mol. The molecule has 4 nitrogen and oxygen atoms in total. The van der Waals surface area contributed by atoms with E-state index < -0.39 is 0 Å². The summed E-state index contributed by atoms with van der Waals surface area (Å²) < 4.78 is 12.1. The van der Waals surface area contributed by atoms with Crippen molar-refractivity contribution in [3.05, 3.63) is 40.8 Å². The highest BCUT2D eigenvalue weighted by molar-refractivity contribution is 9.10. The Balaban J connectivity index is 1.70. The summed E-state index contributed by atoms with van der Waals surface area (Å²) in [5.74, 6) is 3.52. The molecule has 0 aliphatic heterocycles. The summed E-state index contributed by atoms with van der Waals surface area (Å²) >= 11 is 3.41. The third-order valence-electron chi connectivity index (χ3n) is 3.15. The van der Waals surface area contributed by atoms with Crippen LogP contribution in [0, 0.1) is 0 Å². The first kappa shape index (κ1) is 14.3. The molecule has 1 aliphatic rings. The summed E-state index contributed by atoms with van der Waals surface area (Å²) in [5, 5.41) is 0. The van der Waals surface area contributed by atoms with Crippen molar-refractivity contribution in [3.8, 4) is 17.4 Å². The molecule has 110 valence electrons. The van der Waals surface area contributed by atoms with Gasteiger partial charge in [-0.05, 0) is 59.5 Å². The zero-order valence-corrected chi connectivity index (χ0v) is 13.5. The average molecular weight is 349 g/mol. The van der Waals surface area contributed by atoms with Crippen LogP contribution in [0.1, 0.15) is 37.9 Å². The lowest BCUT2D eigenvalue weighted by Crippen LogP contribution is -1.97. The maximum atomic E-state index is 5.80. The number of halogens is 1. The summed E-state index contributed by atoms with van der Waals surface area (Å²) in [4.78, 5) is 8.86. The number of ether oxygens (including phenoxy) is 2. The van der Waals surface area contributed by atoms with Gasteiger partial charge in [-0.1, -0.05) is 6.92 Å². The molecule has 0 N–H and O–H groups in total. The molecule has 0 amide bonds. The van der Waals surface area contributed by atoms with Gasteiger partial charge < -0.3 is 9.47 Å². The Kier molecular flexibility index (Phi) is 4.39. The Labute approximate surface area is 132 Å². The maximum absolute atomic E-state index is 5.80. The number of hydrogen-bond donors (Lipinski definition) is 0. The van der Waals surface area contributed by atoms with E-state index in [0.29, 0.717) is 11.8 Å². The number of rotatable bonds is 6. The van der Waals surface area contributed by atoms with Gasteiger partial charge in [0.25, 0.3) is 0 Å². The Morgan fingerprint density at radius 1 is 1.14 bits per heavy atom. The predicted molar refractivity (Wildman–Crippen MR) is 84.0 cm³/mol. The second-order valence-corrected chi connectivity index (χ2v) is 5.90. The van der Waals surface area contributed by atoms with Gasteiger partial charge in [-0.2, -0.15) is 4.98 Å². The van der Waals surface area contributed by atoms with Gasteiger partial charge in [0.1, 0.15) is 21.9 Å². The minimum atomic E-state index is 0.495. The molecule has 1 aromatic heterocycles. The van der Waals surface area contributed by atoms with Gasteiger partial charge in [-0.25, -0.2) is 4.98 Å². The van der Waals surface area contributed by atoms with E-state index in [1.54, 1.807) is 6.07 Å². The van der Waals surface area contributed by atoms with E-state index >= 15 is 0 Å². The summed E-state index contributed by atoms with van der Waals surface area (Å²) in [6.45, 7) is 2.81. The number of benzene rings is 1. The Morgan fingerprint density at radius 3 is 2.52 bits per heavy atom. The topological polar surface area (TPSA) is 44.2 Å². The zero-order valence-electron chi connectivity index (χ0n) is 11.9. The van der Waals surface area contributed by atoms with Crippen LogP contribution in [0.2, 0.25) is 0 Å². The molecule has 0 spiro atoms. The third-order valence-corrected chi connectivity index (χ3v) is 3.56. The van der Waals surface area contributed by atoms with Crippen LogP contribution < -0.4 is 9.47 Å². The first-order chi connectivity index (χ1) is 10.2. The van der Waals surface area contributed by atoms with Crippen LogP contribution in [0.3, 0.4) is 0 Å². The summed E-state index contributed by atoms with van der Waals surface area (Å²) in [7, 11) is 0. The zero-order chi connectivity index (χ0) is 14.7. The lowest BCUT2D eigenvalue weighted by molar-refractivity contribution is 0.317. The lowest BCUT2D eigenvalue weighted by Gasteiger charge is -2.08. The molecule has 3 rings (SSSR count). The Bertz CT molecular complexity index is 612. The van der Waals surface area contributed by atoms with Crippen molar-refractivity contribution >= 4 is 15.9 Å². The molecule has 1 fully saturated rings. The van der Waals surface area contributed by atoms with Crippen LogP contribution in [-0.2, 0) is 0 Å². The maximum Gasteiger partial charge on any atom is 0.223 e. The Hall–Kier alpha value is -1.62. The predicted octanol–water partition coefficient (Wildman–Crippen LogP) is 4.70. The second-order valence-electron chi connectivity index (χ2n) is 5.08. The highest BCUT2D eigenvalue weighted by Crippen LogP contribution is 2.39. The number of hydrogen-bond acceptors (Lipinski definition) is 4. The molecule has 0 radical (unpaired) electrons. The molecule has 5 heteroatoms. The van der Waals surface area contributed by atoms with Gasteiger partial charge in [0.15, 0.2) is 0 Å². The molecule has 2 aromatic rings. The fourth-order valence-electron chi connectivity index (χ4n) is 1.93. The largest absolute Gasteiger partial charge is 0.494 e. The minimum absolute atomic E-state index is 0.495. The standard InChI is InChI=1S/C16H17BrN2O2/c1-2-9-20-12-5-7-13(8-6-12)21-15-10-14(17)18-16(19-15)11-3-4-11/h5-8,10-11H,2-4,9H2,1H3. The molecule has 0 atom stereocenters. The van der Waals surface area contributed by atoms with Crippen LogP contribution in [-0.4, -0.2) is 16.6 Å². The molecule has 0 unspecified atom stereocenters. The van der Waals surface area contributed by atoms with E-state index in [9.17, 15) is 0 Å². The van der Waals surface area contributed by atoms with E-state index in [-0.39, 0.29) is 0 Å². The molecule has 0 bridgehead atoms. The number of aromatic nitrogens is 2. The third kappa shape index (κ3) is 3.94. The van der Waals surface area contributed by atoms with Gasteiger partial charge >= 0.3 is 0 Å². The van der Waals surface area contributed by atoms with Crippen molar-refractivity contribution in [2.75, 3.05) is 6.61 Å². The van der Waals surface area contributed by atoms with E-state index in [1.165, 1.54) is 12.8 Å². The fourth-order valence-corrected chi connectivity index (χ4v) is 2.31. The quantitative estimate of drug-likeness (QED) is 0.709. The summed E-state index contributed by atoms with van der Waals surface area (Å²) in [5.41, 5.74) is 0. The van der Waals surface area contributed by atoms with Crippen molar-refractivity contribution < 1.29 is 9.47 Å². The second kappa shape index (κ2) is 6.43. The molecule has 1 aromatic carbocycles. The summed E-state index contributed by atoms with van der Waals surface area (Å²) in [6.07, 6.45) is 3.33. The van der Waals surface area contributed by atoms with Gasteiger partial charge in [-0.3, -0.25) is 0 Å². The van der Waals surface area contributed by atoms with Gasteiger partial charge in [0.05, 0.1) is 6.61 Å². The lowest BCUT2D eigenvalue weighted by atomic mass is 10.3. The van der Waals surface area contributed by atoms with Crippen LogP contribution in [0.25, 0.3) is 0 Å². The number of nitrogens with zero attached hydrogens (tertiary/aromatic N) is 2. The Morgan fingerprint density at radius 2 is 1.86 bits per heavy atom. The monoisotopic (exact) mass is 348 g/mol. The molecule has 0 saturated heterocycles. The first-order valence-corrected chi connectivity index (χ1v) is 7.99. The van der Waals surface area contributed by atoms with Crippen molar-refractivity contribution in [2.45, 2.75) is 32.1 Å². The SMILES string of the molecule is CCCOc1ccc(Oc2cc(Br)nc(C3CC3)n2)cc1. The van der Waals surface area contributed by atoms with Crippen molar-refractivity contribution in [1.82, 2.24) is 9.97 Å².